The summed E-state index contributed by atoms with van der Waals surface area (Å²) in [4.78, 5) is 1.50. The summed E-state index contributed by atoms with van der Waals surface area (Å²) in [6, 6.07) is 5.91. The monoisotopic (exact) mass is 386 g/mol. The minimum Gasteiger partial charge on any atom is -0.373 e. The summed E-state index contributed by atoms with van der Waals surface area (Å²) in [5.41, 5.74) is 13.8. The zero-order valence-corrected chi connectivity index (χ0v) is 16.8. The van der Waals surface area contributed by atoms with Crippen LogP contribution in [0.5, 0.6) is 0 Å². The number of alkyl halides is 3. The molecule has 0 atom stereocenters. The van der Waals surface area contributed by atoms with E-state index in [2.05, 4.69) is 20.8 Å². The predicted molar refractivity (Wildman–Crippen MR) is 105 cm³/mol. The molecular formula is C20H33F3N4. The Balaban J connectivity index is 0.00000210. The van der Waals surface area contributed by atoms with Crippen LogP contribution >= 0.6 is 0 Å². The fourth-order valence-corrected chi connectivity index (χ4v) is 3.29. The summed E-state index contributed by atoms with van der Waals surface area (Å²) in [5.74, 6) is 0. The van der Waals surface area contributed by atoms with Crippen molar-refractivity contribution >= 4 is 0 Å². The zero-order valence-electron chi connectivity index (χ0n) is 16.8. The highest BCUT2D eigenvalue weighted by atomic mass is 19.4. The molecule has 0 spiro atoms. The molecule has 1 aromatic rings. The van der Waals surface area contributed by atoms with E-state index in [9.17, 15) is 13.2 Å². The van der Waals surface area contributed by atoms with Crippen LogP contribution in [0, 0.1) is 0 Å². The minimum atomic E-state index is -4.26. The van der Waals surface area contributed by atoms with E-state index in [1.807, 2.05) is 6.07 Å². The van der Waals surface area contributed by atoms with Gasteiger partial charge in [-0.2, -0.15) is 13.2 Å². The Labute approximate surface area is 161 Å². The Bertz CT molecular complexity index is 531. The van der Waals surface area contributed by atoms with Gasteiger partial charge in [0.15, 0.2) is 0 Å². The summed E-state index contributed by atoms with van der Waals surface area (Å²) in [6.07, 6.45) is 2.51. The normalized spacial score (nSPS) is 11.5. The van der Waals surface area contributed by atoms with Crippen molar-refractivity contribution in [2.45, 2.75) is 72.0 Å². The highest BCUT2D eigenvalue weighted by molar-refractivity contribution is 5.25. The van der Waals surface area contributed by atoms with Crippen LogP contribution in [-0.4, -0.2) is 24.1 Å². The summed E-state index contributed by atoms with van der Waals surface area (Å²) in [6.45, 7) is 10.4. The quantitative estimate of drug-likeness (QED) is 0.166. The van der Waals surface area contributed by atoms with Crippen molar-refractivity contribution in [2.75, 3.05) is 19.6 Å². The van der Waals surface area contributed by atoms with Crippen LogP contribution in [0.1, 0.15) is 70.4 Å². The van der Waals surface area contributed by atoms with Gasteiger partial charge in [0.25, 0.3) is 0 Å². The molecule has 0 aliphatic carbocycles. The molecule has 0 saturated heterocycles. The standard InChI is InChI=1S/C20H33F3N.N3/c1-4-7-13-24(14-8-5-2,15-9-6-3)17-18-11-10-12-19(16-18)20(21,22)23;1-3-2/h10-12,16H,4-9,13-15,17H2,1-3H3;/q+1;-1. The van der Waals surface area contributed by atoms with E-state index >= 15 is 0 Å². The molecule has 0 unspecified atom stereocenters. The third-order valence-corrected chi connectivity index (χ3v) is 4.73. The zero-order chi connectivity index (χ0) is 20.8. The smallest absolute Gasteiger partial charge is 0.373 e. The summed E-state index contributed by atoms with van der Waals surface area (Å²) < 4.78 is 39.9. The summed E-state index contributed by atoms with van der Waals surface area (Å²) in [7, 11) is 0. The average Bonchev–Trinajstić information content (AvgIpc) is 2.63. The van der Waals surface area contributed by atoms with Crippen LogP contribution in [0.4, 0.5) is 13.2 Å². The average molecular weight is 387 g/mol. The molecule has 0 bridgehead atoms. The number of halogens is 3. The van der Waals surface area contributed by atoms with E-state index in [0.29, 0.717) is 6.54 Å². The number of nitrogens with zero attached hydrogens (tertiary/aromatic N) is 4. The first-order chi connectivity index (χ1) is 12.8. The van der Waals surface area contributed by atoms with Crippen LogP contribution in [0.2, 0.25) is 0 Å². The molecule has 0 N–H and O–H groups in total. The third-order valence-electron chi connectivity index (χ3n) is 4.73. The van der Waals surface area contributed by atoms with E-state index < -0.39 is 11.7 Å². The lowest BCUT2D eigenvalue weighted by molar-refractivity contribution is -0.941. The SMILES string of the molecule is CCCC[N+](CCCC)(CCCC)Cc1cccc(C(F)(F)F)c1.[N-]=[N+]=[N-]. The van der Waals surface area contributed by atoms with Gasteiger partial charge in [-0.25, -0.2) is 0 Å². The van der Waals surface area contributed by atoms with Gasteiger partial charge in [-0.1, -0.05) is 52.2 Å². The molecule has 0 heterocycles. The first-order valence-electron chi connectivity index (χ1n) is 9.78. The Hall–Kier alpha value is -1.72. The molecule has 0 aliphatic heterocycles. The molecule has 0 aliphatic rings. The predicted octanol–water partition coefficient (Wildman–Crippen LogP) is 7.29. The van der Waals surface area contributed by atoms with Gasteiger partial charge in [-0.15, -0.1) is 0 Å². The fourth-order valence-electron chi connectivity index (χ4n) is 3.29. The number of benzene rings is 1. The van der Waals surface area contributed by atoms with E-state index in [-0.39, 0.29) is 0 Å². The van der Waals surface area contributed by atoms with Gasteiger partial charge in [0, 0.05) is 5.56 Å². The second kappa shape index (κ2) is 13.4. The number of quaternary nitrogens is 1. The Kier molecular flexibility index (Phi) is 12.6. The van der Waals surface area contributed by atoms with Crippen LogP contribution in [0.3, 0.4) is 0 Å². The van der Waals surface area contributed by atoms with E-state index in [0.717, 1.165) is 68.2 Å². The summed E-state index contributed by atoms with van der Waals surface area (Å²) in [5, 5.41) is 0. The van der Waals surface area contributed by atoms with Crippen molar-refractivity contribution in [3.8, 4) is 0 Å². The molecule has 0 aromatic heterocycles. The topological polar surface area (TPSA) is 58.7 Å². The van der Waals surface area contributed by atoms with E-state index in [1.54, 1.807) is 6.07 Å². The maximum Gasteiger partial charge on any atom is 0.416 e. The summed E-state index contributed by atoms with van der Waals surface area (Å²) >= 11 is 0. The highest BCUT2D eigenvalue weighted by Gasteiger charge is 2.32. The van der Waals surface area contributed by atoms with Crippen LogP contribution in [-0.2, 0) is 12.7 Å². The molecule has 1 rings (SSSR count). The number of hydrogen-bond acceptors (Lipinski definition) is 0. The Morgan fingerprint density at radius 3 is 1.70 bits per heavy atom. The van der Waals surface area contributed by atoms with E-state index in [4.69, 9.17) is 11.1 Å². The first-order valence-corrected chi connectivity index (χ1v) is 9.78. The van der Waals surface area contributed by atoms with Gasteiger partial charge in [0.1, 0.15) is 6.54 Å². The molecule has 7 heteroatoms. The maximum absolute atomic E-state index is 13.0. The molecule has 0 saturated carbocycles. The van der Waals surface area contributed by atoms with Crippen LogP contribution < -0.4 is 0 Å². The molecular weight excluding hydrogens is 353 g/mol. The number of rotatable bonds is 11. The lowest BCUT2D eigenvalue weighted by Gasteiger charge is -2.39. The largest absolute Gasteiger partial charge is 0.416 e. The van der Waals surface area contributed by atoms with Crippen molar-refractivity contribution in [3.05, 3.63) is 51.4 Å². The fraction of sp³-hybridized carbons (Fsp3) is 0.700. The van der Waals surface area contributed by atoms with Gasteiger partial charge in [0.05, 0.1) is 25.2 Å². The van der Waals surface area contributed by atoms with Crippen molar-refractivity contribution in [1.29, 1.82) is 0 Å². The molecule has 1 aromatic carbocycles. The highest BCUT2D eigenvalue weighted by Crippen LogP contribution is 2.30. The molecule has 0 radical (unpaired) electrons. The molecule has 0 fully saturated rings. The van der Waals surface area contributed by atoms with Gasteiger partial charge in [-0.05, 0) is 31.4 Å². The van der Waals surface area contributed by atoms with Gasteiger partial charge >= 0.3 is 6.18 Å². The second-order valence-corrected chi connectivity index (χ2v) is 7.02. The Morgan fingerprint density at radius 2 is 1.33 bits per heavy atom. The molecule has 0 amide bonds. The van der Waals surface area contributed by atoms with Crippen LogP contribution in [0.25, 0.3) is 16.0 Å². The lowest BCUT2D eigenvalue weighted by Crippen LogP contribution is -2.49. The molecule has 4 nitrogen and oxygen atoms in total. The lowest BCUT2D eigenvalue weighted by atomic mass is 10.1. The van der Waals surface area contributed by atoms with E-state index in [1.165, 1.54) is 17.0 Å². The molecule has 27 heavy (non-hydrogen) atoms. The van der Waals surface area contributed by atoms with Crippen LogP contribution in [0.15, 0.2) is 24.3 Å². The van der Waals surface area contributed by atoms with Gasteiger partial charge in [0.2, 0.25) is 0 Å². The van der Waals surface area contributed by atoms with Gasteiger partial charge < -0.3 is 15.5 Å². The van der Waals surface area contributed by atoms with Crippen molar-refractivity contribution in [3.63, 3.8) is 0 Å². The van der Waals surface area contributed by atoms with Gasteiger partial charge in [-0.3, -0.25) is 4.91 Å². The van der Waals surface area contributed by atoms with Crippen molar-refractivity contribution < 1.29 is 17.7 Å². The molecule has 154 valence electrons. The maximum atomic E-state index is 13.0. The first kappa shape index (κ1) is 25.3. The number of unbranched alkanes of at least 4 members (excludes halogenated alkanes) is 3. The Morgan fingerprint density at radius 1 is 0.889 bits per heavy atom. The number of hydrogen-bond donors (Lipinski definition) is 0. The van der Waals surface area contributed by atoms with Crippen molar-refractivity contribution in [2.24, 2.45) is 0 Å². The van der Waals surface area contributed by atoms with Crippen molar-refractivity contribution in [1.82, 2.24) is 0 Å². The second-order valence-electron chi connectivity index (χ2n) is 7.02. The third kappa shape index (κ3) is 10.3. The minimum absolute atomic E-state index is 0.528.